The third-order valence-corrected chi connectivity index (χ3v) is 3.40. The van der Waals surface area contributed by atoms with Gasteiger partial charge in [-0.3, -0.25) is 10.1 Å². The molecule has 2 rings (SSSR count). The predicted molar refractivity (Wildman–Crippen MR) is 82.7 cm³/mol. The molecule has 4 nitrogen and oxygen atoms in total. The number of aromatic nitrogens is 2. The average Bonchev–Trinajstić information content (AvgIpc) is 2.88. The second kappa shape index (κ2) is 5.96. The molecule has 1 heterocycles. The van der Waals surface area contributed by atoms with Crippen LogP contribution in [-0.2, 0) is 10.2 Å². The van der Waals surface area contributed by atoms with Gasteiger partial charge < -0.3 is 0 Å². The first-order chi connectivity index (χ1) is 9.45. The van der Waals surface area contributed by atoms with Crippen LogP contribution in [0.1, 0.15) is 31.9 Å². The van der Waals surface area contributed by atoms with Crippen molar-refractivity contribution in [1.29, 1.82) is 0 Å². The van der Waals surface area contributed by atoms with Crippen LogP contribution in [0, 0.1) is 0 Å². The van der Waals surface area contributed by atoms with Gasteiger partial charge >= 0.3 is 0 Å². The summed E-state index contributed by atoms with van der Waals surface area (Å²) in [5.41, 5.74) is 3.97. The van der Waals surface area contributed by atoms with Crippen molar-refractivity contribution in [2.24, 2.45) is 0 Å². The zero-order chi connectivity index (χ0) is 14.6. The molecule has 1 aromatic heterocycles. The van der Waals surface area contributed by atoms with Crippen molar-refractivity contribution < 1.29 is 4.79 Å². The fraction of sp³-hybridized carbons (Fsp3) is 0.267. The van der Waals surface area contributed by atoms with Crippen LogP contribution in [0.15, 0.2) is 35.9 Å². The van der Waals surface area contributed by atoms with Gasteiger partial charge in [0.1, 0.15) is 5.51 Å². The molecule has 0 aliphatic carbocycles. The van der Waals surface area contributed by atoms with E-state index in [2.05, 4.69) is 48.4 Å². The lowest BCUT2D eigenvalue weighted by Crippen LogP contribution is -2.10. The summed E-state index contributed by atoms with van der Waals surface area (Å²) in [6.45, 7) is 6.52. The number of rotatable bonds is 3. The number of nitrogens with one attached hydrogen (secondary N) is 1. The summed E-state index contributed by atoms with van der Waals surface area (Å²) < 4.78 is 0. The number of anilines is 1. The number of carbonyl (C=O) groups excluding carboxylic acids is 1. The van der Waals surface area contributed by atoms with Gasteiger partial charge in [-0.15, -0.1) is 10.2 Å². The Kier molecular flexibility index (Phi) is 4.29. The summed E-state index contributed by atoms with van der Waals surface area (Å²) in [7, 11) is 0. The average molecular weight is 287 g/mol. The first-order valence-corrected chi connectivity index (χ1v) is 7.19. The third-order valence-electron chi connectivity index (χ3n) is 2.79. The number of carbonyl (C=O) groups is 1. The van der Waals surface area contributed by atoms with Gasteiger partial charge in [0.05, 0.1) is 0 Å². The maximum atomic E-state index is 11.7. The molecular weight excluding hydrogens is 270 g/mol. The highest BCUT2D eigenvalue weighted by atomic mass is 32.1. The number of nitrogens with zero attached hydrogens (tertiary/aromatic N) is 2. The Labute approximate surface area is 122 Å². The molecule has 5 heteroatoms. The van der Waals surface area contributed by atoms with Gasteiger partial charge in [0.15, 0.2) is 0 Å². The van der Waals surface area contributed by atoms with E-state index in [0.717, 1.165) is 5.56 Å². The van der Waals surface area contributed by atoms with Crippen LogP contribution < -0.4 is 5.32 Å². The summed E-state index contributed by atoms with van der Waals surface area (Å²) in [5, 5.41) is 10.6. The second-order valence-electron chi connectivity index (χ2n) is 5.44. The van der Waals surface area contributed by atoms with Crippen molar-refractivity contribution >= 4 is 28.5 Å². The quantitative estimate of drug-likeness (QED) is 0.879. The highest BCUT2D eigenvalue weighted by Crippen LogP contribution is 2.22. The van der Waals surface area contributed by atoms with Crippen molar-refractivity contribution in [3.63, 3.8) is 0 Å². The summed E-state index contributed by atoms with van der Waals surface area (Å²) in [6, 6.07) is 8.19. The van der Waals surface area contributed by atoms with E-state index in [-0.39, 0.29) is 11.3 Å². The zero-order valence-corrected chi connectivity index (χ0v) is 12.6. The van der Waals surface area contributed by atoms with Crippen molar-refractivity contribution in [3.8, 4) is 0 Å². The first kappa shape index (κ1) is 14.4. The van der Waals surface area contributed by atoms with Crippen LogP contribution in [0.3, 0.4) is 0 Å². The van der Waals surface area contributed by atoms with Crippen molar-refractivity contribution in [2.75, 3.05) is 5.32 Å². The van der Waals surface area contributed by atoms with E-state index in [1.54, 1.807) is 11.6 Å². The largest absolute Gasteiger partial charge is 0.297 e. The van der Waals surface area contributed by atoms with E-state index in [4.69, 9.17) is 0 Å². The zero-order valence-electron chi connectivity index (χ0n) is 11.8. The molecule has 0 fully saturated rings. The third kappa shape index (κ3) is 3.99. The summed E-state index contributed by atoms with van der Waals surface area (Å²) >= 11 is 1.29. The highest BCUT2D eigenvalue weighted by molar-refractivity contribution is 7.13. The van der Waals surface area contributed by atoms with Gasteiger partial charge in [-0.1, -0.05) is 56.4 Å². The Morgan fingerprint density at radius 3 is 2.50 bits per heavy atom. The first-order valence-electron chi connectivity index (χ1n) is 6.31. The van der Waals surface area contributed by atoms with Crippen molar-refractivity contribution in [2.45, 2.75) is 26.2 Å². The molecule has 0 saturated carbocycles. The molecular formula is C15H17N3OS. The molecule has 2 aromatic rings. The fourth-order valence-corrected chi connectivity index (χ4v) is 2.09. The van der Waals surface area contributed by atoms with Crippen LogP contribution in [0.2, 0.25) is 0 Å². The normalized spacial score (nSPS) is 11.8. The molecule has 1 N–H and O–H groups in total. The molecule has 0 aliphatic rings. The molecule has 0 bridgehead atoms. The van der Waals surface area contributed by atoms with Gasteiger partial charge in [0.25, 0.3) is 0 Å². The molecule has 104 valence electrons. The lowest BCUT2D eigenvalue weighted by molar-refractivity contribution is -0.111. The minimum absolute atomic E-state index is 0.136. The van der Waals surface area contributed by atoms with Crippen LogP contribution in [0.5, 0.6) is 0 Å². The Bertz CT molecular complexity index is 595. The minimum Gasteiger partial charge on any atom is -0.297 e. The topological polar surface area (TPSA) is 54.9 Å². The van der Waals surface area contributed by atoms with E-state index in [9.17, 15) is 4.79 Å². The van der Waals surface area contributed by atoms with E-state index in [1.165, 1.54) is 23.0 Å². The second-order valence-corrected chi connectivity index (χ2v) is 6.27. The Hall–Kier alpha value is -2.01. The van der Waals surface area contributed by atoms with E-state index in [1.807, 2.05) is 12.1 Å². The van der Waals surface area contributed by atoms with Crippen molar-refractivity contribution in [3.05, 3.63) is 47.0 Å². The highest BCUT2D eigenvalue weighted by Gasteiger charge is 2.12. The lowest BCUT2D eigenvalue weighted by Gasteiger charge is -2.18. The lowest BCUT2D eigenvalue weighted by atomic mass is 9.87. The van der Waals surface area contributed by atoms with Crippen LogP contribution >= 0.6 is 11.3 Å². The van der Waals surface area contributed by atoms with E-state index >= 15 is 0 Å². The number of hydrogen-bond donors (Lipinski definition) is 1. The Morgan fingerprint density at radius 2 is 1.95 bits per heavy atom. The molecule has 0 atom stereocenters. The van der Waals surface area contributed by atoms with Gasteiger partial charge in [0.2, 0.25) is 11.0 Å². The Balaban J connectivity index is 1.99. The molecule has 0 aliphatic heterocycles. The van der Waals surface area contributed by atoms with Crippen LogP contribution in [-0.4, -0.2) is 16.1 Å². The predicted octanol–water partition coefficient (Wildman–Crippen LogP) is 3.49. The van der Waals surface area contributed by atoms with Crippen LogP contribution in [0.4, 0.5) is 5.13 Å². The number of amides is 1. The summed E-state index contributed by atoms with van der Waals surface area (Å²) in [4.78, 5) is 11.7. The molecule has 0 radical (unpaired) electrons. The molecule has 20 heavy (non-hydrogen) atoms. The van der Waals surface area contributed by atoms with Gasteiger partial charge in [0, 0.05) is 6.08 Å². The molecule has 0 saturated heterocycles. The maximum absolute atomic E-state index is 11.7. The molecule has 1 amide bonds. The minimum atomic E-state index is -0.207. The molecule has 0 spiro atoms. The van der Waals surface area contributed by atoms with Gasteiger partial charge in [-0.05, 0) is 22.6 Å². The van der Waals surface area contributed by atoms with Crippen molar-refractivity contribution in [1.82, 2.24) is 10.2 Å². The van der Waals surface area contributed by atoms with Gasteiger partial charge in [-0.2, -0.15) is 0 Å². The molecule has 0 unspecified atom stereocenters. The van der Waals surface area contributed by atoms with E-state index in [0.29, 0.717) is 5.13 Å². The number of hydrogen-bond acceptors (Lipinski definition) is 4. The van der Waals surface area contributed by atoms with Crippen LogP contribution in [0.25, 0.3) is 6.08 Å². The smallest absolute Gasteiger partial charge is 0.250 e. The van der Waals surface area contributed by atoms with Gasteiger partial charge in [-0.25, -0.2) is 0 Å². The Morgan fingerprint density at radius 1 is 1.25 bits per heavy atom. The van der Waals surface area contributed by atoms with E-state index < -0.39 is 0 Å². The standard InChI is InChI=1S/C15H17N3OS/c1-15(2,3)12-7-4-11(5-8-12)6-9-13(19)17-14-18-16-10-20-14/h4-10H,1-3H3,(H,17,18,19)/b9-6+. The summed E-state index contributed by atoms with van der Waals surface area (Å²) in [6.07, 6.45) is 3.27. The SMILES string of the molecule is CC(C)(C)c1ccc(/C=C/C(=O)Nc2nncs2)cc1. The fourth-order valence-electron chi connectivity index (χ4n) is 1.64. The monoisotopic (exact) mass is 287 g/mol. The molecule has 1 aromatic carbocycles. The maximum Gasteiger partial charge on any atom is 0.250 e. The summed E-state index contributed by atoms with van der Waals surface area (Å²) in [5.74, 6) is -0.207. The number of benzene rings is 1.